The predicted octanol–water partition coefficient (Wildman–Crippen LogP) is -1.03. The van der Waals surface area contributed by atoms with Crippen molar-refractivity contribution in [2.75, 3.05) is 18.1 Å². The highest BCUT2D eigenvalue weighted by atomic mass is 19.1. The zero-order chi connectivity index (χ0) is 8.97. The fourth-order valence-electron chi connectivity index (χ4n) is 0.763. The third kappa shape index (κ3) is 1.89. The molecule has 0 aliphatic carbocycles. The average Bonchev–Trinajstić information content (AvgIpc) is 2.47. The van der Waals surface area contributed by atoms with Crippen molar-refractivity contribution < 1.29 is 4.39 Å². The van der Waals surface area contributed by atoms with Crippen LogP contribution in [0.25, 0.3) is 0 Å². The number of rotatable bonds is 4. The molecular weight excluding hydrogens is 163 g/mol. The zero-order valence-corrected chi connectivity index (χ0v) is 6.50. The molecule has 0 atom stereocenters. The second-order valence-corrected chi connectivity index (χ2v) is 2.27. The Morgan fingerprint density at radius 3 is 2.75 bits per heavy atom. The molecule has 1 aromatic rings. The molecule has 7 heteroatoms. The minimum atomic E-state index is -0.700. The Kier molecular flexibility index (Phi) is 2.94. The number of hydrazine groups is 1. The quantitative estimate of drug-likeness (QED) is 0.400. The maximum absolute atomic E-state index is 12.7. The van der Waals surface area contributed by atoms with Gasteiger partial charge in [-0.3, -0.25) is 5.01 Å². The first-order valence-corrected chi connectivity index (χ1v) is 3.54. The first kappa shape index (κ1) is 8.88. The number of anilines is 1. The largest absolute Gasteiger partial charge is 0.330 e. The van der Waals surface area contributed by atoms with Gasteiger partial charge in [-0.15, -0.1) is 10.2 Å². The minimum absolute atomic E-state index is 0.0171. The first-order chi connectivity index (χ1) is 5.75. The topological polar surface area (TPSA) is 96.9 Å². The van der Waals surface area contributed by atoms with Gasteiger partial charge in [0.15, 0.2) is 0 Å². The molecule has 0 saturated carbocycles. The molecule has 0 aliphatic rings. The number of halogens is 1. The normalized spacial score (nSPS) is 10.2. The van der Waals surface area contributed by atoms with E-state index in [9.17, 15) is 4.39 Å². The lowest BCUT2D eigenvalue weighted by Crippen LogP contribution is -2.33. The van der Waals surface area contributed by atoms with E-state index in [0.717, 1.165) is 0 Å². The van der Waals surface area contributed by atoms with Crippen LogP contribution in [0.15, 0.2) is 0 Å². The Morgan fingerprint density at radius 1 is 1.50 bits per heavy atom. The Bertz CT molecular complexity index is 236. The van der Waals surface area contributed by atoms with Crippen LogP contribution >= 0.6 is 0 Å². The van der Waals surface area contributed by atoms with E-state index in [1.807, 2.05) is 0 Å². The molecule has 1 rings (SSSR count). The second-order valence-electron chi connectivity index (χ2n) is 2.27. The smallest absolute Gasteiger partial charge is 0.277 e. The molecule has 0 aromatic carbocycles. The third-order valence-electron chi connectivity index (χ3n) is 1.36. The third-order valence-corrected chi connectivity index (χ3v) is 1.36. The highest BCUT2D eigenvalue weighted by Gasteiger charge is 2.11. The molecule has 5 N–H and O–H groups in total. The van der Waals surface area contributed by atoms with Crippen molar-refractivity contribution in [1.82, 2.24) is 15.4 Å². The van der Waals surface area contributed by atoms with E-state index in [-0.39, 0.29) is 5.82 Å². The summed E-state index contributed by atoms with van der Waals surface area (Å²) in [6, 6.07) is 0. The molecule has 1 heterocycles. The lowest BCUT2D eigenvalue weighted by Gasteiger charge is -2.13. The SMILES string of the molecule is NCCCN(N)c1n[nH]nc1F. The maximum atomic E-state index is 12.7. The number of hydrogen-bond acceptors (Lipinski definition) is 5. The summed E-state index contributed by atoms with van der Waals surface area (Å²) in [7, 11) is 0. The van der Waals surface area contributed by atoms with Crippen molar-refractivity contribution in [3.63, 3.8) is 0 Å². The van der Waals surface area contributed by atoms with Crippen LogP contribution in [0, 0.1) is 5.95 Å². The van der Waals surface area contributed by atoms with E-state index < -0.39 is 5.95 Å². The van der Waals surface area contributed by atoms with Crippen LogP contribution in [0.2, 0.25) is 0 Å². The summed E-state index contributed by atoms with van der Waals surface area (Å²) in [5, 5.41) is 10.0. The Hall–Kier alpha value is -1.21. The van der Waals surface area contributed by atoms with Crippen molar-refractivity contribution in [3.8, 4) is 0 Å². The second kappa shape index (κ2) is 3.98. The standard InChI is InChI=1S/C5H11FN6/c6-4-5(10-11-9-4)12(8)3-1-2-7/h1-3,7-8H2,(H,9,10,11). The minimum Gasteiger partial charge on any atom is -0.330 e. The van der Waals surface area contributed by atoms with Gasteiger partial charge in [0.25, 0.3) is 5.95 Å². The van der Waals surface area contributed by atoms with E-state index in [0.29, 0.717) is 19.5 Å². The molecule has 0 radical (unpaired) electrons. The van der Waals surface area contributed by atoms with Gasteiger partial charge in [0.1, 0.15) is 0 Å². The van der Waals surface area contributed by atoms with Crippen molar-refractivity contribution >= 4 is 5.82 Å². The van der Waals surface area contributed by atoms with E-state index in [2.05, 4.69) is 15.4 Å². The molecule has 6 nitrogen and oxygen atoms in total. The predicted molar refractivity (Wildman–Crippen MR) is 41.5 cm³/mol. The van der Waals surface area contributed by atoms with Crippen LogP contribution in [0.4, 0.5) is 10.2 Å². The van der Waals surface area contributed by atoms with Gasteiger partial charge in [0.2, 0.25) is 5.82 Å². The molecule has 12 heavy (non-hydrogen) atoms. The van der Waals surface area contributed by atoms with Gasteiger partial charge in [-0.1, -0.05) is 0 Å². The molecule has 0 saturated heterocycles. The van der Waals surface area contributed by atoms with Crippen LogP contribution in [0.1, 0.15) is 6.42 Å². The van der Waals surface area contributed by atoms with Gasteiger partial charge in [0, 0.05) is 6.54 Å². The highest BCUT2D eigenvalue weighted by molar-refractivity contribution is 5.32. The number of H-pyrrole nitrogens is 1. The molecule has 0 spiro atoms. The number of hydrogen-bond donors (Lipinski definition) is 3. The van der Waals surface area contributed by atoms with E-state index in [1.165, 1.54) is 5.01 Å². The lowest BCUT2D eigenvalue weighted by molar-refractivity contribution is 0.573. The summed E-state index contributed by atoms with van der Waals surface area (Å²) in [5.41, 5.74) is 5.25. The highest BCUT2D eigenvalue weighted by Crippen LogP contribution is 2.08. The summed E-state index contributed by atoms with van der Waals surface area (Å²) in [5.74, 6) is 4.76. The fourth-order valence-corrected chi connectivity index (χ4v) is 0.763. The van der Waals surface area contributed by atoms with Gasteiger partial charge in [-0.25, -0.2) is 5.84 Å². The number of nitrogens with two attached hydrogens (primary N) is 2. The summed E-state index contributed by atoms with van der Waals surface area (Å²) in [6.07, 6.45) is 0.683. The molecule has 0 fully saturated rings. The zero-order valence-electron chi connectivity index (χ0n) is 6.50. The van der Waals surface area contributed by atoms with E-state index in [1.54, 1.807) is 0 Å². The number of aromatic nitrogens is 3. The monoisotopic (exact) mass is 174 g/mol. The first-order valence-electron chi connectivity index (χ1n) is 3.54. The van der Waals surface area contributed by atoms with Crippen LogP contribution in [0.3, 0.4) is 0 Å². The van der Waals surface area contributed by atoms with Gasteiger partial charge >= 0.3 is 0 Å². The lowest BCUT2D eigenvalue weighted by atomic mass is 10.4. The van der Waals surface area contributed by atoms with Crippen molar-refractivity contribution in [3.05, 3.63) is 5.95 Å². The van der Waals surface area contributed by atoms with Gasteiger partial charge in [-0.2, -0.15) is 9.60 Å². The molecule has 68 valence electrons. The molecule has 0 amide bonds. The Balaban J connectivity index is 2.52. The fraction of sp³-hybridized carbons (Fsp3) is 0.600. The molecule has 0 unspecified atom stereocenters. The van der Waals surface area contributed by atoms with Gasteiger partial charge in [0.05, 0.1) is 0 Å². The number of aromatic amines is 1. The van der Waals surface area contributed by atoms with Gasteiger partial charge < -0.3 is 5.73 Å². The summed E-state index contributed by atoms with van der Waals surface area (Å²) < 4.78 is 12.7. The Labute approximate surface area is 68.7 Å². The molecule has 0 bridgehead atoms. The van der Waals surface area contributed by atoms with Crippen molar-refractivity contribution in [2.45, 2.75) is 6.42 Å². The Morgan fingerprint density at radius 2 is 2.25 bits per heavy atom. The number of nitrogens with one attached hydrogen (secondary N) is 1. The maximum Gasteiger partial charge on any atom is 0.277 e. The average molecular weight is 174 g/mol. The molecule has 1 aromatic heterocycles. The van der Waals surface area contributed by atoms with Crippen molar-refractivity contribution in [2.24, 2.45) is 11.6 Å². The van der Waals surface area contributed by atoms with Gasteiger partial charge in [-0.05, 0) is 13.0 Å². The van der Waals surface area contributed by atoms with Crippen LogP contribution < -0.4 is 16.6 Å². The van der Waals surface area contributed by atoms with E-state index >= 15 is 0 Å². The van der Waals surface area contributed by atoms with Crippen LogP contribution in [0.5, 0.6) is 0 Å². The van der Waals surface area contributed by atoms with E-state index in [4.69, 9.17) is 11.6 Å². The molecule has 0 aliphatic heterocycles. The van der Waals surface area contributed by atoms with Crippen molar-refractivity contribution in [1.29, 1.82) is 0 Å². The summed E-state index contributed by atoms with van der Waals surface area (Å²) in [4.78, 5) is 0. The molecular formula is C5H11FN6. The summed E-state index contributed by atoms with van der Waals surface area (Å²) >= 11 is 0. The van der Waals surface area contributed by atoms with Crippen LogP contribution in [-0.2, 0) is 0 Å². The number of nitrogens with zero attached hydrogens (tertiary/aromatic N) is 3. The summed E-state index contributed by atoms with van der Waals surface area (Å²) in [6.45, 7) is 0.965. The van der Waals surface area contributed by atoms with Crippen LogP contribution in [-0.4, -0.2) is 28.5 Å².